The second-order valence-electron chi connectivity index (χ2n) is 15.5. The molecule has 0 saturated carbocycles. The molecule has 9 heteroatoms. The maximum absolute atomic E-state index is 14.3. The standard InChI is InChI=1S/C44H81O7PS/c1-7-13-16-19-22-23-24-25-26-27-30-33-36-52(10-4,11-5,12-6)51-53(47,48)42-38-40(43(45)49-34-31-28-20-17-14-8-2)37-41(39-42)44(46)50-35-32-29-21-18-15-9-3/h37-39H,7-36H2,1-6H3. The Morgan fingerprint density at radius 1 is 0.472 bits per heavy atom. The van der Waals surface area contributed by atoms with Crippen LogP contribution in [0.5, 0.6) is 0 Å². The maximum atomic E-state index is 14.3. The van der Waals surface area contributed by atoms with Crippen molar-refractivity contribution in [2.45, 2.75) is 201 Å². The van der Waals surface area contributed by atoms with E-state index in [2.05, 4.69) is 41.5 Å². The molecule has 0 radical (unpaired) electrons. The number of hydrogen-bond acceptors (Lipinski definition) is 7. The van der Waals surface area contributed by atoms with Gasteiger partial charge in [0, 0.05) is 0 Å². The zero-order valence-corrected chi connectivity index (χ0v) is 36.9. The number of benzene rings is 1. The summed E-state index contributed by atoms with van der Waals surface area (Å²) in [6, 6.07) is 4.04. The van der Waals surface area contributed by atoms with E-state index in [1.807, 2.05) is 0 Å². The number of carbonyl (C=O) groups is 2. The zero-order chi connectivity index (χ0) is 39.3. The summed E-state index contributed by atoms with van der Waals surface area (Å²) in [5.74, 6) is -1.29. The molecule has 0 aliphatic rings. The fourth-order valence-corrected chi connectivity index (χ4v) is 15.2. The SMILES string of the molecule is CCCCCCCCCCCCCCP(CC)(CC)(CC)OS(=O)(=O)c1cc(C(=O)OCCCCCCCC)cc(C(=O)OCCCCCCCC)c1. The summed E-state index contributed by atoms with van der Waals surface area (Å²) < 4.78 is 46.2. The molecule has 0 aliphatic heterocycles. The van der Waals surface area contributed by atoms with Gasteiger partial charge in [0.15, 0.2) is 0 Å². The van der Waals surface area contributed by atoms with Crippen LogP contribution in [0.1, 0.15) is 216 Å². The van der Waals surface area contributed by atoms with E-state index >= 15 is 0 Å². The first kappa shape index (κ1) is 49.5. The second kappa shape index (κ2) is 28.8. The number of rotatable bonds is 35. The summed E-state index contributed by atoms with van der Waals surface area (Å²) in [7, 11) is -4.32. The molecule has 7 nitrogen and oxygen atoms in total. The quantitative estimate of drug-likeness (QED) is 0.0384. The van der Waals surface area contributed by atoms with Crippen molar-refractivity contribution in [3.63, 3.8) is 0 Å². The summed E-state index contributed by atoms with van der Waals surface area (Å²) >= 11 is 0. The van der Waals surface area contributed by atoms with Gasteiger partial charge in [-0.05, 0) is 0 Å². The van der Waals surface area contributed by atoms with E-state index in [0.29, 0.717) is 18.5 Å². The Morgan fingerprint density at radius 2 is 0.792 bits per heavy atom. The molecule has 1 aromatic carbocycles. The molecule has 0 heterocycles. The molecule has 0 N–H and O–H groups in total. The van der Waals surface area contributed by atoms with E-state index in [0.717, 1.165) is 76.8 Å². The van der Waals surface area contributed by atoms with E-state index < -0.39 is 28.9 Å². The van der Waals surface area contributed by atoms with Crippen molar-refractivity contribution >= 4 is 28.9 Å². The summed E-state index contributed by atoms with van der Waals surface area (Å²) in [5, 5.41) is 0. The van der Waals surface area contributed by atoms with Gasteiger partial charge < -0.3 is 0 Å². The van der Waals surface area contributed by atoms with Crippen LogP contribution in [0.4, 0.5) is 0 Å². The molecular weight excluding hydrogens is 704 g/mol. The average Bonchev–Trinajstić information content (AvgIpc) is 3.16. The molecule has 0 spiro atoms. The van der Waals surface area contributed by atoms with E-state index in [1.54, 1.807) is 0 Å². The number of esters is 2. The molecule has 0 aliphatic carbocycles. The van der Waals surface area contributed by atoms with Crippen LogP contribution in [-0.2, 0) is 23.6 Å². The van der Waals surface area contributed by atoms with E-state index in [1.165, 1.54) is 102 Å². The third kappa shape index (κ3) is 19.8. The summed E-state index contributed by atoms with van der Waals surface area (Å²) in [5.41, 5.74) is 0.0518. The fraction of sp³-hybridized carbons (Fsp3) is 0.818. The van der Waals surface area contributed by atoms with Gasteiger partial charge in [-0.3, -0.25) is 0 Å². The molecule has 0 bridgehead atoms. The first-order valence-corrected chi connectivity index (χ1v) is 26.3. The molecule has 1 rings (SSSR count). The van der Waals surface area contributed by atoms with Crippen molar-refractivity contribution in [1.29, 1.82) is 0 Å². The van der Waals surface area contributed by atoms with E-state index in [4.69, 9.17) is 13.4 Å². The molecule has 310 valence electrons. The van der Waals surface area contributed by atoms with Gasteiger partial charge in [-0.1, -0.05) is 52.9 Å². The molecule has 0 unspecified atom stereocenters. The van der Waals surface area contributed by atoms with Crippen molar-refractivity contribution in [1.82, 2.24) is 0 Å². The average molecular weight is 785 g/mol. The van der Waals surface area contributed by atoms with Crippen LogP contribution in [0.25, 0.3) is 0 Å². The third-order valence-corrected chi connectivity index (χ3v) is 20.9. The van der Waals surface area contributed by atoms with Crippen LogP contribution in [0.3, 0.4) is 0 Å². The van der Waals surface area contributed by atoms with Gasteiger partial charge in [-0.25, -0.2) is 0 Å². The number of ether oxygens (including phenoxy) is 2. The number of hydrogen-bond donors (Lipinski definition) is 0. The Hall–Kier alpha value is -1.50. The van der Waals surface area contributed by atoms with Crippen LogP contribution in [-0.4, -0.2) is 58.2 Å². The topological polar surface area (TPSA) is 96.0 Å². The minimum absolute atomic E-state index is 0.0259. The van der Waals surface area contributed by atoms with Crippen molar-refractivity contribution < 1.29 is 31.5 Å². The Labute approximate surface area is 327 Å². The number of unbranched alkanes of at least 4 members (excludes halogenated alkanes) is 21. The van der Waals surface area contributed by atoms with Gasteiger partial charge in [0.05, 0.1) is 0 Å². The first-order valence-electron chi connectivity index (χ1n) is 22.0. The second-order valence-corrected chi connectivity index (χ2v) is 23.5. The molecule has 0 fully saturated rings. The molecule has 53 heavy (non-hydrogen) atoms. The Morgan fingerprint density at radius 3 is 1.13 bits per heavy atom. The van der Waals surface area contributed by atoms with Gasteiger partial charge in [0.2, 0.25) is 0 Å². The molecule has 0 saturated heterocycles. The van der Waals surface area contributed by atoms with Crippen LogP contribution >= 0.6 is 6.83 Å². The van der Waals surface area contributed by atoms with Crippen molar-refractivity contribution in [3.05, 3.63) is 29.3 Å². The molecule has 0 aromatic heterocycles. The Kier molecular flexibility index (Phi) is 26.9. The van der Waals surface area contributed by atoms with E-state index in [-0.39, 0.29) is 29.2 Å². The van der Waals surface area contributed by atoms with Gasteiger partial charge in [0.25, 0.3) is 0 Å². The van der Waals surface area contributed by atoms with Gasteiger partial charge in [0.1, 0.15) is 0 Å². The van der Waals surface area contributed by atoms with Gasteiger partial charge in [-0.2, -0.15) is 0 Å². The van der Waals surface area contributed by atoms with Crippen LogP contribution < -0.4 is 0 Å². The van der Waals surface area contributed by atoms with Crippen molar-refractivity contribution in [3.8, 4) is 0 Å². The van der Waals surface area contributed by atoms with Crippen LogP contribution in [0.15, 0.2) is 23.1 Å². The zero-order valence-electron chi connectivity index (χ0n) is 35.2. The first-order chi connectivity index (χ1) is 25.6. The third-order valence-electron chi connectivity index (χ3n) is 11.4. The molecule has 0 amide bonds. The predicted molar refractivity (Wildman–Crippen MR) is 227 cm³/mol. The predicted octanol–water partition coefficient (Wildman–Crippen LogP) is 13.7. The van der Waals surface area contributed by atoms with E-state index in [9.17, 15) is 18.0 Å². The molecular formula is C44H81O7PS. The Bertz CT molecular complexity index is 1170. The summed E-state index contributed by atoms with van der Waals surface area (Å²) in [4.78, 5) is 26.4. The van der Waals surface area contributed by atoms with Crippen molar-refractivity contribution in [2.75, 3.05) is 37.9 Å². The molecule has 0 atom stereocenters. The Balaban J connectivity index is 3.08. The summed E-state index contributed by atoms with van der Waals surface area (Å²) in [6.45, 7) is 10.1. The van der Waals surface area contributed by atoms with Crippen LogP contribution in [0.2, 0.25) is 0 Å². The molecule has 1 aromatic rings. The van der Waals surface area contributed by atoms with Gasteiger partial charge >= 0.3 is 275 Å². The van der Waals surface area contributed by atoms with Crippen LogP contribution in [0, 0.1) is 0 Å². The fourth-order valence-electron chi connectivity index (χ4n) is 7.25. The minimum atomic E-state index is -4.32. The summed E-state index contributed by atoms with van der Waals surface area (Å²) in [6.07, 6.45) is 30.3. The van der Waals surface area contributed by atoms with Crippen molar-refractivity contribution in [2.24, 2.45) is 0 Å². The van der Waals surface area contributed by atoms with Gasteiger partial charge in [-0.15, -0.1) is 0 Å². The monoisotopic (exact) mass is 785 g/mol. The number of carbonyl (C=O) groups excluding carboxylic acids is 2. The normalized spacial score (nSPS) is 12.8.